The Balaban J connectivity index is 1.46. The van der Waals surface area contributed by atoms with Crippen LogP contribution in [0.5, 0.6) is 5.75 Å². The number of imide groups is 1. The summed E-state index contributed by atoms with van der Waals surface area (Å²) in [5.41, 5.74) is 0.854. The predicted molar refractivity (Wildman–Crippen MR) is 125 cm³/mol. The summed E-state index contributed by atoms with van der Waals surface area (Å²) in [7, 11) is -2.29. The van der Waals surface area contributed by atoms with Gasteiger partial charge in [-0.05, 0) is 43.2 Å². The molecule has 34 heavy (non-hydrogen) atoms. The van der Waals surface area contributed by atoms with E-state index in [4.69, 9.17) is 4.74 Å². The van der Waals surface area contributed by atoms with Crippen molar-refractivity contribution < 1.29 is 27.5 Å². The van der Waals surface area contributed by atoms with Crippen LogP contribution in [0.15, 0.2) is 47.4 Å². The zero-order chi connectivity index (χ0) is 24.3. The minimum absolute atomic E-state index is 0.0749. The van der Waals surface area contributed by atoms with Gasteiger partial charge in [0.25, 0.3) is 11.8 Å². The fourth-order valence-electron chi connectivity index (χ4n) is 4.24. The molecule has 0 aliphatic carbocycles. The molecule has 0 aromatic heterocycles. The minimum Gasteiger partial charge on any atom is -0.495 e. The first kappa shape index (κ1) is 23.9. The van der Waals surface area contributed by atoms with Crippen LogP contribution in [-0.2, 0) is 14.8 Å². The second-order valence-corrected chi connectivity index (χ2v) is 10.2. The second kappa shape index (κ2) is 9.94. The van der Waals surface area contributed by atoms with Crippen LogP contribution in [0.2, 0.25) is 0 Å². The number of benzene rings is 2. The van der Waals surface area contributed by atoms with Crippen LogP contribution >= 0.6 is 0 Å². The van der Waals surface area contributed by atoms with Crippen LogP contribution in [0.25, 0.3) is 0 Å². The lowest BCUT2D eigenvalue weighted by Gasteiger charge is -2.21. The molecule has 2 aliphatic heterocycles. The van der Waals surface area contributed by atoms with Gasteiger partial charge in [-0.3, -0.25) is 19.3 Å². The van der Waals surface area contributed by atoms with Gasteiger partial charge in [0.1, 0.15) is 5.75 Å². The summed E-state index contributed by atoms with van der Waals surface area (Å²) in [6, 6.07) is 10.9. The van der Waals surface area contributed by atoms with Crippen molar-refractivity contribution in [1.29, 1.82) is 0 Å². The molecule has 2 aliphatic rings. The van der Waals surface area contributed by atoms with Crippen LogP contribution in [0.1, 0.15) is 52.8 Å². The van der Waals surface area contributed by atoms with Crippen molar-refractivity contribution in [2.45, 2.75) is 37.0 Å². The molecule has 0 unspecified atom stereocenters. The Morgan fingerprint density at radius 3 is 2.18 bits per heavy atom. The normalized spacial score (nSPS) is 16.8. The van der Waals surface area contributed by atoms with E-state index in [1.54, 1.807) is 24.3 Å². The first-order valence-corrected chi connectivity index (χ1v) is 12.7. The number of rotatable bonds is 7. The summed E-state index contributed by atoms with van der Waals surface area (Å²) < 4.78 is 33.1. The van der Waals surface area contributed by atoms with Gasteiger partial charge in [0.2, 0.25) is 15.9 Å². The Bertz CT molecular complexity index is 1180. The van der Waals surface area contributed by atoms with Crippen molar-refractivity contribution >= 4 is 33.4 Å². The predicted octanol–water partition coefficient (Wildman–Crippen LogP) is 2.88. The van der Waals surface area contributed by atoms with Crippen molar-refractivity contribution in [2.75, 3.05) is 32.1 Å². The fourth-order valence-corrected chi connectivity index (χ4v) is 5.79. The SMILES string of the molecule is COc1ccc(S(=O)(=O)N2CCCCCC2)cc1NC(=O)CCN1C(=O)c2ccccc2C1=O. The topological polar surface area (TPSA) is 113 Å². The lowest BCUT2D eigenvalue weighted by molar-refractivity contribution is -0.116. The third kappa shape index (κ3) is 4.69. The van der Waals surface area contributed by atoms with Crippen molar-refractivity contribution in [1.82, 2.24) is 9.21 Å². The average Bonchev–Trinajstić information content (AvgIpc) is 3.01. The molecule has 0 spiro atoms. The maximum absolute atomic E-state index is 13.1. The molecule has 1 fully saturated rings. The maximum atomic E-state index is 13.1. The average molecular weight is 486 g/mol. The summed E-state index contributed by atoms with van der Waals surface area (Å²) in [6.07, 6.45) is 3.50. The van der Waals surface area contributed by atoms with E-state index in [1.165, 1.54) is 29.6 Å². The third-order valence-corrected chi connectivity index (χ3v) is 7.98. The first-order chi connectivity index (χ1) is 16.3. The number of methoxy groups -OCH3 is 1. The van der Waals surface area contributed by atoms with Gasteiger partial charge in [-0.15, -0.1) is 0 Å². The Hall–Kier alpha value is -3.24. The molecule has 2 heterocycles. The van der Waals surface area contributed by atoms with Crippen LogP contribution in [0, 0.1) is 0 Å². The molecule has 2 aromatic carbocycles. The molecule has 1 N–H and O–H groups in total. The lowest BCUT2D eigenvalue weighted by atomic mass is 10.1. The number of ether oxygens (including phenoxy) is 1. The molecule has 10 heteroatoms. The molecule has 0 saturated carbocycles. The van der Waals surface area contributed by atoms with Gasteiger partial charge in [-0.25, -0.2) is 8.42 Å². The van der Waals surface area contributed by atoms with Gasteiger partial charge >= 0.3 is 0 Å². The number of anilines is 1. The molecule has 4 rings (SSSR count). The zero-order valence-corrected chi connectivity index (χ0v) is 19.8. The molecule has 2 aromatic rings. The number of nitrogens with zero attached hydrogens (tertiary/aromatic N) is 2. The molecule has 0 bridgehead atoms. The van der Waals surface area contributed by atoms with Crippen molar-refractivity contribution in [3.8, 4) is 5.75 Å². The summed E-state index contributed by atoms with van der Waals surface area (Å²) in [5, 5.41) is 2.67. The summed E-state index contributed by atoms with van der Waals surface area (Å²) in [4.78, 5) is 38.8. The Morgan fingerprint density at radius 2 is 1.59 bits per heavy atom. The largest absolute Gasteiger partial charge is 0.495 e. The molecular weight excluding hydrogens is 458 g/mol. The van der Waals surface area contributed by atoms with Gasteiger partial charge in [-0.2, -0.15) is 4.31 Å². The number of nitrogens with one attached hydrogen (secondary N) is 1. The van der Waals surface area contributed by atoms with Gasteiger partial charge in [0.05, 0.1) is 28.8 Å². The van der Waals surface area contributed by atoms with Crippen LogP contribution in [0.4, 0.5) is 5.69 Å². The Kier molecular flexibility index (Phi) is 6.99. The van der Waals surface area contributed by atoms with Crippen molar-refractivity contribution in [3.63, 3.8) is 0 Å². The zero-order valence-electron chi connectivity index (χ0n) is 19.0. The van der Waals surface area contributed by atoms with Gasteiger partial charge in [0.15, 0.2) is 0 Å². The monoisotopic (exact) mass is 485 g/mol. The standard InChI is InChI=1S/C24H27N3O6S/c1-33-21-11-10-17(34(31,32)26-13-6-2-3-7-14-26)16-20(21)25-22(28)12-15-27-23(29)18-8-4-5-9-19(18)24(27)30/h4-5,8-11,16H,2-3,6-7,12-15H2,1H3,(H,25,28). The van der Waals surface area contributed by atoms with E-state index < -0.39 is 27.7 Å². The fraction of sp³-hybridized carbons (Fsp3) is 0.375. The minimum atomic E-state index is -3.71. The first-order valence-electron chi connectivity index (χ1n) is 11.3. The molecule has 9 nitrogen and oxygen atoms in total. The lowest BCUT2D eigenvalue weighted by Crippen LogP contribution is -2.33. The molecular formula is C24H27N3O6S. The molecule has 1 saturated heterocycles. The van der Waals surface area contributed by atoms with Crippen molar-refractivity contribution in [2.24, 2.45) is 0 Å². The smallest absolute Gasteiger partial charge is 0.261 e. The highest BCUT2D eigenvalue weighted by molar-refractivity contribution is 7.89. The number of fused-ring (bicyclic) bond motifs is 1. The van der Waals surface area contributed by atoms with Gasteiger partial charge in [-0.1, -0.05) is 25.0 Å². The number of amides is 3. The van der Waals surface area contributed by atoms with Crippen LogP contribution in [0.3, 0.4) is 0 Å². The number of hydrogen-bond acceptors (Lipinski definition) is 6. The molecule has 3 amide bonds. The Labute approximate surface area is 198 Å². The van der Waals surface area contributed by atoms with E-state index >= 15 is 0 Å². The Morgan fingerprint density at radius 1 is 0.971 bits per heavy atom. The highest BCUT2D eigenvalue weighted by Gasteiger charge is 2.35. The highest BCUT2D eigenvalue weighted by atomic mass is 32.2. The van der Waals surface area contributed by atoms with E-state index in [1.807, 2.05) is 0 Å². The maximum Gasteiger partial charge on any atom is 0.261 e. The summed E-state index contributed by atoms with van der Waals surface area (Å²) >= 11 is 0. The van der Waals surface area contributed by atoms with Crippen LogP contribution in [-0.4, -0.2) is 62.1 Å². The van der Waals surface area contributed by atoms with Gasteiger partial charge in [0, 0.05) is 26.1 Å². The van der Waals surface area contributed by atoms with E-state index in [0.29, 0.717) is 30.0 Å². The number of sulfonamides is 1. The van der Waals surface area contributed by atoms with E-state index in [0.717, 1.165) is 30.6 Å². The van der Waals surface area contributed by atoms with Crippen LogP contribution < -0.4 is 10.1 Å². The number of carbonyl (C=O) groups is 3. The van der Waals surface area contributed by atoms with Crippen molar-refractivity contribution in [3.05, 3.63) is 53.6 Å². The number of carbonyl (C=O) groups excluding carboxylic acids is 3. The molecule has 180 valence electrons. The quantitative estimate of drug-likeness (QED) is 0.604. The van der Waals surface area contributed by atoms with Gasteiger partial charge < -0.3 is 10.1 Å². The third-order valence-electron chi connectivity index (χ3n) is 6.09. The summed E-state index contributed by atoms with van der Waals surface area (Å²) in [6.45, 7) is 0.846. The van der Waals surface area contributed by atoms with E-state index in [2.05, 4.69) is 5.32 Å². The molecule has 0 atom stereocenters. The highest BCUT2D eigenvalue weighted by Crippen LogP contribution is 2.30. The molecule has 0 radical (unpaired) electrons. The number of hydrogen-bond donors (Lipinski definition) is 1. The van der Waals surface area contributed by atoms with E-state index in [-0.39, 0.29) is 23.5 Å². The van der Waals surface area contributed by atoms with E-state index in [9.17, 15) is 22.8 Å². The second-order valence-electron chi connectivity index (χ2n) is 8.29. The summed E-state index contributed by atoms with van der Waals surface area (Å²) in [5.74, 6) is -1.03.